The molecule has 1 aromatic rings. The third kappa shape index (κ3) is 2.11. The molecule has 3 nitrogen and oxygen atoms in total. The molecule has 1 fully saturated rings. The van der Waals surface area contributed by atoms with Gasteiger partial charge in [-0.15, -0.1) is 0 Å². The first kappa shape index (κ1) is 11.9. The Morgan fingerprint density at radius 2 is 2.06 bits per heavy atom. The van der Waals surface area contributed by atoms with E-state index in [0.29, 0.717) is 11.2 Å². The number of hydrogen-bond donors (Lipinski definition) is 1. The van der Waals surface area contributed by atoms with Crippen molar-refractivity contribution in [1.82, 2.24) is 9.78 Å². The second kappa shape index (κ2) is 5.19. The molecule has 0 amide bonds. The summed E-state index contributed by atoms with van der Waals surface area (Å²) >= 11 is 6.28. The van der Waals surface area contributed by atoms with E-state index in [1.165, 1.54) is 19.3 Å². The average Bonchev–Trinajstić information content (AvgIpc) is 2.66. The summed E-state index contributed by atoms with van der Waals surface area (Å²) in [7, 11) is 0. The van der Waals surface area contributed by atoms with Crippen LogP contribution in [-0.4, -0.2) is 14.9 Å². The normalized spacial score (nSPS) is 17.9. The topological polar surface area (TPSA) is 38.0 Å². The van der Waals surface area contributed by atoms with Gasteiger partial charge in [0.2, 0.25) is 0 Å². The number of aryl methyl sites for hydroxylation is 1. The van der Waals surface area contributed by atoms with Crippen LogP contribution in [0.3, 0.4) is 0 Å². The first-order valence-corrected chi connectivity index (χ1v) is 6.52. The third-order valence-electron chi connectivity index (χ3n) is 3.44. The summed E-state index contributed by atoms with van der Waals surface area (Å²) in [6.45, 7) is 2.04. The lowest BCUT2D eigenvalue weighted by molar-refractivity contribution is 0.280. The van der Waals surface area contributed by atoms with Crippen molar-refractivity contribution in [1.29, 1.82) is 0 Å². The van der Waals surface area contributed by atoms with Crippen molar-refractivity contribution in [2.24, 2.45) is 0 Å². The molecule has 1 aliphatic rings. The van der Waals surface area contributed by atoms with Gasteiger partial charge in [0.15, 0.2) is 0 Å². The maximum atomic E-state index is 9.30. The number of hydrogen-bond acceptors (Lipinski definition) is 2. The summed E-state index contributed by atoms with van der Waals surface area (Å²) in [6, 6.07) is 0.437. The van der Waals surface area contributed by atoms with Gasteiger partial charge in [0.05, 0.1) is 18.3 Å². The fourth-order valence-electron chi connectivity index (χ4n) is 2.50. The van der Waals surface area contributed by atoms with E-state index < -0.39 is 0 Å². The molecule has 1 saturated carbocycles. The van der Waals surface area contributed by atoms with Crippen molar-refractivity contribution in [3.05, 3.63) is 16.4 Å². The molecule has 1 N–H and O–H groups in total. The smallest absolute Gasteiger partial charge is 0.133 e. The fourth-order valence-corrected chi connectivity index (χ4v) is 2.84. The molecular weight excluding hydrogens is 224 g/mol. The number of aliphatic hydroxyl groups excluding tert-OH is 1. The molecule has 90 valence electrons. The monoisotopic (exact) mass is 242 g/mol. The Bertz CT molecular complexity index is 356. The van der Waals surface area contributed by atoms with Crippen LogP contribution in [0, 0.1) is 0 Å². The van der Waals surface area contributed by atoms with Crippen LogP contribution in [0.4, 0.5) is 0 Å². The summed E-state index contributed by atoms with van der Waals surface area (Å²) in [4.78, 5) is 0. The zero-order valence-corrected chi connectivity index (χ0v) is 10.5. The number of rotatable bonds is 3. The largest absolute Gasteiger partial charge is 0.391 e. The first-order valence-electron chi connectivity index (χ1n) is 6.14. The van der Waals surface area contributed by atoms with Gasteiger partial charge in [-0.25, -0.2) is 0 Å². The average molecular weight is 243 g/mol. The highest BCUT2D eigenvalue weighted by molar-refractivity contribution is 6.30. The summed E-state index contributed by atoms with van der Waals surface area (Å²) < 4.78 is 1.94. The highest BCUT2D eigenvalue weighted by atomic mass is 35.5. The van der Waals surface area contributed by atoms with Gasteiger partial charge in [-0.3, -0.25) is 4.68 Å². The van der Waals surface area contributed by atoms with E-state index in [1.54, 1.807) is 0 Å². The maximum absolute atomic E-state index is 9.30. The van der Waals surface area contributed by atoms with E-state index >= 15 is 0 Å². The predicted octanol–water partition coefficient (Wildman–Crippen LogP) is 3.10. The fraction of sp³-hybridized carbons (Fsp3) is 0.750. The SMILES string of the molecule is CCc1nn(C2CCCCC2)c(Cl)c1CO. The van der Waals surface area contributed by atoms with E-state index in [0.717, 1.165) is 30.5 Å². The Balaban J connectivity index is 2.29. The van der Waals surface area contributed by atoms with E-state index in [9.17, 15) is 5.11 Å². The third-order valence-corrected chi connectivity index (χ3v) is 3.84. The maximum Gasteiger partial charge on any atom is 0.133 e. The van der Waals surface area contributed by atoms with Crippen LogP contribution in [0.1, 0.15) is 56.3 Å². The lowest BCUT2D eigenvalue weighted by Crippen LogP contribution is -2.14. The predicted molar refractivity (Wildman–Crippen MR) is 64.7 cm³/mol. The zero-order chi connectivity index (χ0) is 11.5. The number of aromatic nitrogens is 2. The van der Waals surface area contributed by atoms with Gasteiger partial charge >= 0.3 is 0 Å². The minimum absolute atomic E-state index is 0.00523. The zero-order valence-electron chi connectivity index (χ0n) is 9.75. The molecule has 4 heteroatoms. The van der Waals surface area contributed by atoms with Crippen LogP contribution in [0.2, 0.25) is 5.15 Å². The Labute approximate surface area is 101 Å². The van der Waals surface area contributed by atoms with Gasteiger partial charge < -0.3 is 5.11 Å². The van der Waals surface area contributed by atoms with E-state index in [4.69, 9.17) is 11.6 Å². The van der Waals surface area contributed by atoms with Crippen molar-refractivity contribution in [3.8, 4) is 0 Å². The summed E-state index contributed by atoms with van der Waals surface area (Å²) in [5.41, 5.74) is 1.76. The van der Waals surface area contributed by atoms with Crippen LogP contribution in [0.25, 0.3) is 0 Å². The molecule has 1 aromatic heterocycles. The Kier molecular flexibility index (Phi) is 3.87. The summed E-state index contributed by atoms with van der Waals surface area (Å²) in [5, 5.41) is 14.5. The van der Waals surface area contributed by atoms with Crippen LogP contribution in [0.5, 0.6) is 0 Å². The van der Waals surface area contributed by atoms with Crippen molar-refractivity contribution in [2.75, 3.05) is 0 Å². The second-order valence-corrected chi connectivity index (χ2v) is 4.82. The summed E-state index contributed by atoms with van der Waals surface area (Å²) in [6.07, 6.45) is 7.00. The molecular formula is C12H19ClN2O. The number of nitrogens with zero attached hydrogens (tertiary/aromatic N) is 2. The highest BCUT2D eigenvalue weighted by Crippen LogP contribution is 2.32. The molecule has 0 aliphatic heterocycles. The minimum Gasteiger partial charge on any atom is -0.391 e. The minimum atomic E-state index is -0.00523. The molecule has 0 radical (unpaired) electrons. The number of aliphatic hydroxyl groups is 1. The van der Waals surface area contributed by atoms with Gasteiger partial charge in [0.1, 0.15) is 5.15 Å². The van der Waals surface area contributed by atoms with Crippen molar-refractivity contribution < 1.29 is 5.11 Å². The molecule has 1 aliphatic carbocycles. The van der Waals surface area contributed by atoms with Crippen molar-refractivity contribution in [3.63, 3.8) is 0 Å². The van der Waals surface area contributed by atoms with Crippen LogP contribution < -0.4 is 0 Å². The quantitative estimate of drug-likeness (QED) is 0.885. The lowest BCUT2D eigenvalue weighted by atomic mass is 9.96. The van der Waals surface area contributed by atoms with Gasteiger partial charge in [-0.05, 0) is 19.3 Å². The van der Waals surface area contributed by atoms with Gasteiger partial charge in [-0.1, -0.05) is 37.8 Å². The molecule has 16 heavy (non-hydrogen) atoms. The Morgan fingerprint density at radius 3 is 2.56 bits per heavy atom. The molecule has 0 spiro atoms. The van der Waals surface area contributed by atoms with Gasteiger partial charge in [-0.2, -0.15) is 5.10 Å². The van der Waals surface area contributed by atoms with E-state index in [-0.39, 0.29) is 6.61 Å². The van der Waals surface area contributed by atoms with E-state index in [1.807, 2.05) is 11.6 Å². The van der Waals surface area contributed by atoms with Crippen molar-refractivity contribution in [2.45, 2.75) is 58.1 Å². The van der Waals surface area contributed by atoms with Gasteiger partial charge in [0, 0.05) is 5.56 Å². The Hall–Kier alpha value is -0.540. The summed E-state index contributed by atoms with van der Waals surface area (Å²) in [5.74, 6) is 0. The molecule has 0 atom stereocenters. The van der Waals surface area contributed by atoms with Crippen LogP contribution in [0.15, 0.2) is 0 Å². The lowest BCUT2D eigenvalue weighted by Gasteiger charge is -2.22. The molecule has 1 heterocycles. The second-order valence-electron chi connectivity index (χ2n) is 4.46. The molecule has 0 aromatic carbocycles. The van der Waals surface area contributed by atoms with Crippen LogP contribution >= 0.6 is 11.6 Å². The van der Waals surface area contributed by atoms with E-state index in [2.05, 4.69) is 5.10 Å². The standard InChI is InChI=1S/C12H19ClN2O/c1-2-11-10(8-16)12(13)15(14-11)9-6-4-3-5-7-9/h9,16H,2-8H2,1H3. The Morgan fingerprint density at radius 1 is 1.38 bits per heavy atom. The van der Waals surface area contributed by atoms with Crippen LogP contribution in [-0.2, 0) is 13.0 Å². The molecule has 0 bridgehead atoms. The number of halogens is 1. The molecule has 2 rings (SSSR count). The molecule has 0 saturated heterocycles. The van der Waals surface area contributed by atoms with Gasteiger partial charge in [0.25, 0.3) is 0 Å². The highest BCUT2D eigenvalue weighted by Gasteiger charge is 2.22. The van der Waals surface area contributed by atoms with Crippen molar-refractivity contribution >= 4 is 11.6 Å². The first-order chi connectivity index (χ1) is 7.77. The molecule has 0 unspecified atom stereocenters.